The molecule has 2 amide bonds. The van der Waals surface area contributed by atoms with Crippen LogP contribution in [0, 0.1) is 5.92 Å². The zero-order valence-electron chi connectivity index (χ0n) is 15.6. The molecule has 2 aliphatic rings. The monoisotopic (exact) mass is 398 g/mol. The number of hydrogen-bond acceptors (Lipinski definition) is 3. The van der Waals surface area contributed by atoms with Crippen molar-refractivity contribution in [2.75, 3.05) is 18.1 Å². The fraction of sp³-hybridized carbons (Fsp3) is 0.364. The van der Waals surface area contributed by atoms with Gasteiger partial charge in [0.05, 0.1) is 6.04 Å². The van der Waals surface area contributed by atoms with Crippen LogP contribution >= 0.6 is 11.6 Å². The third kappa shape index (κ3) is 4.47. The average Bonchev–Trinajstić information content (AvgIpc) is 3.46. The van der Waals surface area contributed by atoms with Gasteiger partial charge in [-0.05, 0) is 55.0 Å². The SMILES string of the molecule is O=C(COc1cccc(N2CCCC2=O)c1)NC(c1ccc(Cl)cc1)C1CC1. The van der Waals surface area contributed by atoms with E-state index in [0.717, 1.165) is 37.1 Å². The van der Waals surface area contributed by atoms with Gasteiger partial charge in [0.15, 0.2) is 6.61 Å². The lowest BCUT2D eigenvalue weighted by molar-refractivity contribution is -0.124. The van der Waals surface area contributed by atoms with E-state index in [-0.39, 0.29) is 24.5 Å². The second kappa shape index (κ2) is 8.23. The molecule has 1 unspecified atom stereocenters. The number of nitrogens with zero attached hydrogens (tertiary/aromatic N) is 1. The summed E-state index contributed by atoms with van der Waals surface area (Å²) < 4.78 is 5.69. The van der Waals surface area contributed by atoms with E-state index in [1.165, 1.54) is 0 Å². The molecule has 0 radical (unpaired) electrons. The minimum absolute atomic E-state index is 0.0121. The molecule has 1 aliphatic heterocycles. The van der Waals surface area contributed by atoms with Crippen molar-refractivity contribution in [2.45, 2.75) is 31.7 Å². The molecule has 1 aliphatic carbocycles. The van der Waals surface area contributed by atoms with Crippen molar-refractivity contribution < 1.29 is 14.3 Å². The van der Waals surface area contributed by atoms with Crippen molar-refractivity contribution >= 4 is 29.1 Å². The van der Waals surface area contributed by atoms with Gasteiger partial charge in [0, 0.05) is 29.7 Å². The van der Waals surface area contributed by atoms with E-state index in [9.17, 15) is 9.59 Å². The fourth-order valence-electron chi connectivity index (χ4n) is 3.60. The van der Waals surface area contributed by atoms with Gasteiger partial charge in [0.1, 0.15) is 5.75 Å². The Kier molecular flexibility index (Phi) is 5.53. The molecule has 0 aromatic heterocycles. The lowest BCUT2D eigenvalue weighted by Gasteiger charge is -2.20. The van der Waals surface area contributed by atoms with Gasteiger partial charge in [-0.3, -0.25) is 9.59 Å². The molecule has 2 aromatic carbocycles. The quantitative estimate of drug-likeness (QED) is 0.763. The summed E-state index contributed by atoms with van der Waals surface area (Å²) in [5.41, 5.74) is 1.88. The second-order valence-electron chi connectivity index (χ2n) is 7.37. The molecule has 0 bridgehead atoms. The third-order valence-electron chi connectivity index (χ3n) is 5.21. The number of amides is 2. The maximum absolute atomic E-state index is 12.5. The van der Waals surface area contributed by atoms with Gasteiger partial charge < -0.3 is 15.0 Å². The number of benzene rings is 2. The van der Waals surface area contributed by atoms with E-state index in [0.29, 0.717) is 23.1 Å². The summed E-state index contributed by atoms with van der Waals surface area (Å²) in [6.45, 7) is 0.668. The molecule has 0 spiro atoms. The van der Waals surface area contributed by atoms with E-state index >= 15 is 0 Å². The van der Waals surface area contributed by atoms with Gasteiger partial charge in [-0.1, -0.05) is 29.8 Å². The first-order valence-corrected chi connectivity index (χ1v) is 10.1. The Morgan fingerprint density at radius 1 is 1.21 bits per heavy atom. The van der Waals surface area contributed by atoms with Crippen LogP contribution in [0.4, 0.5) is 5.69 Å². The molecule has 1 atom stereocenters. The molecule has 2 aromatic rings. The minimum Gasteiger partial charge on any atom is -0.484 e. The zero-order chi connectivity index (χ0) is 19.5. The molecular weight excluding hydrogens is 376 g/mol. The summed E-state index contributed by atoms with van der Waals surface area (Å²) in [5.74, 6) is 1.02. The average molecular weight is 399 g/mol. The van der Waals surface area contributed by atoms with Gasteiger partial charge in [0.2, 0.25) is 5.91 Å². The van der Waals surface area contributed by atoms with Crippen molar-refractivity contribution in [1.82, 2.24) is 5.32 Å². The molecule has 6 heteroatoms. The predicted octanol–water partition coefficient (Wildman–Crippen LogP) is 4.11. The standard InChI is InChI=1S/C22H23ClN2O3/c23-17-10-8-16(9-11-17)22(15-6-7-15)24-20(26)14-28-19-4-1-3-18(13-19)25-12-2-5-21(25)27/h1,3-4,8-11,13,15,22H,2,5-7,12,14H2,(H,24,26). The Labute approximate surface area is 169 Å². The summed E-state index contributed by atoms with van der Waals surface area (Å²) in [4.78, 5) is 26.1. The first-order chi connectivity index (χ1) is 13.6. The van der Waals surface area contributed by atoms with E-state index in [1.54, 1.807) is 11.0 Å². The first kappa shape index (κ1) is 18.8. The van der Waals surface area contributed by atoms with Crippen LogP contribution in [0.2, 0.25) is 5.02 Å². The van der Waals surface area contributed by atoms with Crippen LogP contribution in [-0.2, 0) is 9.59 Å². The highest BCUT2D eigenvalue weighted by Crippen LogP contribution is 2.41. The summed E-state index contributed by atoms with van der Waals surface area (Å²) in [5, 5.41) is 3.77. The van der Waals surface area contributed by atoms with Crippen molar-refractivity contribution in [3.63, 3.8) is 0 Å². The van der Waals surface area contributed by atoms with Crippen molar-refractivity contribution in [3.05, 3.63) is 59.1 Å². The molecule has 4 rings (SSSR count). The van der Waals surface area contributed by atoms with E-state index < -0.39 is 0 Å². The van der Waals surface area contributed by atoms with Crippen LogP contribution in [0.25, 0.3) is 0 Å². The van der Waals surface area contributed by atoms with Gasteiger partial charge in [-0.15, -0.1) is 0 Å². The lowest BCUT2D eigenvalue weighted by atomic mass is 10.0. The second-order valence-corrected chi connectivity index (χ2v) is 7.81. The van der Waals surface area contributed by atoms with Gasteiger partial charge >= 0.3 is 0 Å². The number of ether oxygens (including phenoxy) is 1. The topological polar surface area (TPSA) is 58.6 Å². The summed E-state index contributed by atoms with van der Waals surface area (Å²) >= 11 is 5.97. The maximum atomic E-state index is 12.5. The molecule has 1 N–H and O–H groups in total. The number of carbonyl (C=O) groups is 2. The summed E-state index contributed by atoms with van der Waals surface area (Å²) in [7, 11) is 0. The van der Waals surface area contributed by atoms with E-state index in [2.05, 4.69) is 5.32 Å². The molecule has 146 valence electrons. The van der Waals surface area contributed by atoms with Crippen molar-refractivity contribution in [3.8, 4) is 5.75 Å². The largest absolute Gasteiger partial charge is 0.484 e. The Balaban J connectivity index is 1.36. The van der Waals surface area contributed by atoms with Crippen LogP contribution in [0.15, 0.2) is 48.5 Å². The Morgan fingerprint density at radius 2 is 2.00 bits per heavy atom. The number of rotatable bonds is 7. The molecule has 1 saturated heterocycles. The number of nitrogens with one attached hydrogen (secondary N) is 1. The molecule has 2 fully saturated rings. The number of halogens is 1. The van der Waals surface area contributed by atoms with Gasteiger partial charge in [-0.2, -0.15) is 0 Å². The molecule has 28 heavy (non-hydrogen) atoms. The highest BCUT2D eigenvalue weighted by molar-refractivity contribution is 6.30. The highest BCUT2D eigenvalue weighted by atomic mass is 35.5. The van der Waals surface area contributed by atoms with Crippen LogP contribution in [0.5, 0.6) is 5.75 Å². The summed E-state index contributed by atoms with van der Waals surface area (Å²) in [6.07, 6.45) is 3.68. The Hall–Kier alpha value is -2.53. The molecule has 1 heterocycles. The van der Waals surface area contributed by atoms with Crippen molar-refractivity contribution in [1.29, 1.82) is 0 Å². The third-order valence-corrected chi connectivity index (χ3v) is 5.46. The fourth-order valence-corrected chi connectivity index (χ4v) is 3.73. The molecule has 5 nitrogen and oxygen atoms in total. The number of carbonyl (C=O) groups excluding carboxylic acids is 2. The number of anilines is 1. The van der Waals surface area contributed by atoms with Gasteiger partial charge in [-0.25, -0.2) is 0 Å². The van der Waals surface area contributed by atoms with Crippen LogP contribution in [0.3, 0.4) is 0 Å². The molecular formula is C22H23ClN2O3. The van der Waals surface area contributed by atoms with Crippen LogP contribution in [0.1, 0.15) is 37.3 Å². The first-order valence-electron chi connectivity index (χ1n) is 9.68. The highest BCUT2D eigenvalue weighted by Gasteiger charge is 2.33. The summed E-state index contributed by atoms with van der Waals surface area (Å²) in [6, 6.07) is 14.9. The van der Waals surface area contributed by atoms with Crippen LogP contribution < -0.4 is 15.0 Å². The Bertz CT molecular complexity index is 864. The Morgan fingerprint density at radius 3 is 2.68 bits per heavy atom. The smallest absolute Gasteiger partial charge is 0.258 e. The predicted molar refractivity (Wildman–Crippen MR) is 109 cm³/mol. The molecule has 1 saturated carbocycles. The van der Waals surface area contributed by atoms with Crippen molar-refractivity contribution in [2.24, 2.45) is 5.92 Å². The van der Waals surface area contributed by atoms with E-state index in [4.69, 9.17) is 16.3 Å². The zero-order valence-corrected chi connectivity index (χ0v) is 16.3. The maximum Gasteiger partial charge on any atom is 0.258 e. The normalized spacial score (nSPS) is 17.5. The minimum atomic E-state index is -0.158. The van der Waals surface area contributed by atoms with Crippen LogP contribution in [-0.4, -0.2) is 25.0 Å². The lowest BCUT2D eigenvalue weighted by Crippen LogP contribution is -2.33. The van der Waals surface area contributed by atoms with Gasteiger partial charge in [0.25, 0.3) is 5.91 Å². The number of hydrogen-bond donors (Lipinski definition) is 1. The van der Waals surface area contributed by atoms with E-state index in [1.807, 2.05) is 42.5 Å².